The Bertz CT molecular complexity index is 1430. The van der Waals surface area contributed by atoms with Crippen LogP contribution in [0.15, 0.2) is 121 Å². The molecule has 5 atom stereocenters. The summed E-state index contributed by atoms with van der Waals surface area (Å²) in [6.45, 7) is 7.19. The van der Waals surface area contributed by atoms with Gasteiger partial charge in [0.2, 0.25) is 0 Å². The summed E-state index contributed by atoms with van der Waals surface area (Å²) >= 11 is 0. The van der Waals surface area contributed by atoms with Crippen LogP contribution in [0.2, 0.25) is 0 Å². The van der Waals surface area contributed by atoms with Crippen LogP contribution in [0.3, 0.4) is 0 Å². The van der Waals surface area contributed by atoms with Gasteiger partial charge >= 0.3 is 0 Å². The summed E-state index contributed by atoms with van der Waals surface area (Å²) in [6, 6.07) is 38.4. The van der Waals surface area contributed by atoms with Crippen molar-refractivity contribution in [3.63, 3.8) is 0 Å². The highest BCUT2D eigenvalue weighted by Crippen LogP contribution is 2.31. The van der Waals surface area contributed by atoms with Gasteiger partial charge in [-0.15, -0.1) is 0 Å². The third-order valence-corrected chi connectivity index (χ3v) is 7.41. The van der Waals surface area contributed by atoms with E-state index < -0.39 is 36.2 Å². The summed E-state index contributed by atoms with van der Waals surface area (Å²) in [5, 5.41) is 3.19. The van der Waals surface area contributed by atoms with Gasteiger partial charge in [0.15, 0.2) is 6.29 Å². The fraction of sp³-hybridized carbons (Fsp3) is 0.342. The molecular formula is C38H43NO6. The predicted molar refractivity (Wildman–Crippen MR) is 173 cm³/mol. The molecule has 0 saturated carbocycles. The van der Waals surface area contributed by atoms with Crippen LogP contribution in [0.5, 0.6) is 0 Å². The standard InChI is InChI=1S/C38H43NO6/c1-38(2,3)45-37-33(39-36(40)31-22-14-7-15-23-31)35(43-26-30-20-12-6-13-21-30)34(42-25-29-18-10-5-11-19-29)32(44-37)27-41-24-28-16-8-4-9-17-28/h4-23,32-35,37H,24-27H2,1-3H3,(H,39,40)/t32-,33-,34-,35-,37?/m1/s1. The Hall–Kier alpha value is -3.85. The average molecular weight is 610 g/mol. The quantitative estimate of drug-likeness (QED) is 0.182. The molecule has 0 spiro atoms. The van der Waals surface area contributed by atoms with E-state index in [0.29, 0.717) is 25.4 Å². The van der Waals surface area contributed by atoms with Crippen LogP contribution < -0.4 is 5.32 Å². The molecular weight excluding hydrogens is 566 g/mol. The lowest BCUT2D eigenvalue weighted by molar-refractivity contribution is -0.308. The minimum Gasteiger partial charge on any atom is -0.374 e. The Morgan fingerprint density at radius 2 is 1.13 bits per heavy atom. The van der Waals surface area contributed by atoms with Crippen molar-refractivity contribution in [3.05, 3.63) is 144 Å². The number of hydrogen-bond acceptors (Lipinski definition) is 6. The normalized spacial score (nSPS) is 21.7. The zero-order valence-electron chi connectivity index (χ0n) is 26.2. The smallest absolute Gasteiger partial charge is 0.251 e. The molecule has 1 aliphatic heterocycles. The topological polar surface area (TPSA) is 75.2 Å². The Labute approximate surface area is 266 Å². The lowest BCUT2D eigenvalue weighted by Gasteiger charge is -2.47. The van der Waals surface area contributed by atoms with Crippen molar-refractivity contribution >= 4 is 5.91 Å². The van der Waals surface area contributed by atoms with Crippen molar-refractivity contribution < 1.29 is 28.5 Å². The molecule has 7 nitrogen and oxygen atoms in total. The largest absolute Gasteiger partial charge is 0.374 e. The molecule has 1 heterocycles. The van der Waals surface area contributed by atoms with Crippen molar-refractivity contribution in [1.29, 1.82) is 0 Å². The molecule has 1 unspecified atom stereocenters. The van der Waals surface area contributed by atoms with Gasteiger partial charge in [-0.25, -0.2) is 0 Å². The van der Waals surface area contributed by atoms with Gasteiger partial charge in [-0.3, -0.25) is 4.79 Å². The third-order valence-electron chi connectivity index (χ3n) is 7.41. The molecule has 1 aliphatic rings. The van der Waals surface area contributed by atoms with E-state index in [0.717, 1.165) is 16.7 Å². The second kappa shape index (κ2) is 15.9. The van der Waals surface area contributed by atoms with Crippen LogP contribution in [0.25, 0.3) is 0 Å². The molecule has 45 heavy (non-hydrogen) atoms. The zero-order chi connectivity index (χ0) is 31.5. The molecule has 1 amide bonds. The molecule has 0 aromatic heterocycles. The second-order valence-electron chi connectivity index (χ2n) is 12.2. The highest BCUT2D eigenvalue weighted by atomic mass is 16.7. The number of carbonyl (C=O) groups excluding carboxylic acids is 1. The van der Waals surface area contributed by atoms with Crippen LogP contribution in [-0.2, 0) is 43.5 Å². The molecule has 236 valence electrons. The van der Waals surface area contributed by atoms with Crippen LogP contribution in [0, 0.1) is 0 Å². The number of ether oxygens (including phenoxy) is 5. The Morgan fingerprint density at radius 3 is 1.64 bits per heavy atom. The maximum absolute atomic E-state index is 13.6. The third kappa shape index (κ3) is 9.82. The zero-order valence-corrected chi connectivity index (χ0v) is 26.2. The maximum atomic E-state index is 13.6. The van der Waals surface area contributed by atoms with Gasteiger partial charge < -0.3 is 29.0 Å². The number of nitrogens with one attached hydrogen (secondary N) is 1. The molecule has 4 aromatic carbocycles. The highest BCUT2D eigenvalue weighted by molar-refractivity contribution is 5.94. The molecule has 0 bridgehead atoms. The minimum atomic E-state index is -0.833. The van der Waals surface area contributed by atoms with E-state index >= 15 is 0 Å². The van der Waals surface area contributed by atoms with Crippen LogP contribution in [-0.4, -0.2) is 48.8 Å². The number of hydrogen-bond donors (Lipinski definition) is 1. The average Bonchev–Trinajstić information content (AvgIpc) is 3.05. The Balaban J connectivity index is 1.47. The SMILES string of the molecule is CC(C)(C)OC1O[C@H](COCc2ccccc2)[C@@H](OCc2ccccc2)[C@H](OCc2ccccc2)[C@H]1NC(=O)c1ccccc1. The predicted octanol–water partition coefficient (Wildman–Crippen LogP) is 6.71. The van der Waals surface area contributed by atoms with Crippen molar-refractivity contribution in [3.8, 4) is 0 Å². The fourth-order valence-electron chi connectivity index (χ4n) is 5.26. The lowest BCUT2D eigenvalue weighted by atomic mass is 9.95. The van der Waals surface area contributed by atoms with E-state index in [9.17, 15) is 4.79 Å². The molecule has 4 aromatic rings. The van der Waals surface area contributed by atoms with Gasteiger partial charge in [0.25, 0.3) is 5.91 Å². The van der Waals surface area contributed by atoms with Crippen LogP contribution in [0.4, 0.5) is 0 Å². The van der Waals surface area contributed by atoms with Gasteiger partial charge in [0, 0.05) is 5.56 Å². The number of benzene rings is 4. The first kappa shape index (κ1) is 32.5. The second-order valence-corrected chi connectivity index (χ2v) is 12.2. The van der Waals surface area contributed by atoms with E-state index in [-0.39, 0.29) is 12.5 Å². The van der Waals surface area contributed by atoms with E-state index in [1.807, 2.05) is 130 Å². The van der Waals surface area contributed by atoms with Crippen molar-refractivity contribution in [2.24, 2.45) is 0 Å². The summed E-state index contributed by atoms with van der Waals surface area (Å²) in [6.07, 6.45) is -2.60. The summed E-state index contributed by atoms with van der Waals surface area (Å²) < 4.78 is 32.7. The van der Waals surface area contributed by atoms with Gasteiger partial charge in [-0.2, -0.15) is 0 Å². The summed E-state index contributed by atoms with van der Waals surface area (Å²) in [4.78, 5) is 13.6. The van der Waals surface area contributed by atoms with Gasteiger partial charge in [-0.05, 0) is 49.6 Å². The first-order valence-electron chi connectivity index (χ1n) is 15.5. The van der Waals surface area contributed by atoms with Crippen molar-refractivity contribution in [2.75, 3.05) is 6.61 Å². The fourth-order valence-corrected chi connectivity index (χ4v) is 5.26. The summed E-state index contributed by atoms with van der Waals surface area (Å²) in [5.41, 5.74) is 3.04. The first-order chi connectivity index (χ1) is 21.9. The molecule has 1 saturated heterocycles. The van der Waals surface area contributed by atoms with Gasteiger partial charge in [0.1, 0.15) is 24.4 Å². The number of amides is 1. The monoisotopic (exact) mass is 609 g/mol. The lowest BCUT2D eigenvalue weighted by Crippen LogP contribution is -2.66. The van der Waals surface area contributed by atoms with Gasteiger partial charge in [0.05, 0.1) is 32.0 Å². The van der Waals surface area contributed by atoms with E-state index in [1.54, 1.807) is 12.1 Å². The van der Waals surface area contributed by atoms with Crippen LogP contribution in [0.1, 0.15) is 47.8 Å². The molecule has 0 aliphatic carbocycles. The van der Waals surface area contributed by atoms with E-state index in [4.69, 9.17) is 23.7 Å². The van der Waals surface area contributed by atoms with Crippen molar-refractivity contribution in [1.82, 2.24) is 5.32 Å². The highest BCUT2D eigenvalue weighted by Gasteiger charge is 2.50. The first-order valence-corrected chi connectivity index (χ1v) is 15.5. The summed E-state index contributed by atoms with van der Waals surface area (Å²) in [7, 11) is 0. The van der Waals surface area contributed by atoms with Crippen LogP contribution >= 0.6 is 0 Å². The molecule has 0 radical (unpaired) electrons. The number of rotatable bonds is 13. The maximum Gasteiger partial charge on any atom is 0.251 e. The Kier molecular flexibility index (Phi) is 11.5. The Morgan fingerprint density at radius 1 is 0.667 bits per heavy atom. The van der Waals surface area contributed by atoms with Crippen molar-refractivity contribution in [2.45, 2.75) is 76.8 Å². The molecule has 7 heteroatoms. The van der Waals surface area contributed by atoms with Gasteiger partial charge in [-0.1, -0.05) is 109 Å². The number of carbonyl (C=O) groups is 1. The summed E-state index contributed by atoms with van der Waals surface area (Å²) in [5.74, 6) is -0.249. The molecule has 5 rings (SSSR count). The minimum absolute atomic E-state index is 0.239. The molecule has 1 fully saturated rings. The van der Waals surface area contributed by atoms with E-state index in [2.05, 4.69) is 5.32 Å². The van der Waals surface area contributed by atoms with E-state index in [1.165, 1.54) is 0 Å². The molecule has 1 N–H and O–H groups in total.